The van der Waals surface area contributed by atoms with Crippen molar-refractivity contribution in [3.05, 3.63) is 59.1 Å². The van der Waals surface area contributed by atoms with Crippen LogP contribution in [-0.2, 0) is 14.2 Å². The van der Waals surface area contributed by atoms with Gasteiger partial charge in [-0.2, -0.15) is 0 Å². The number of benzene rings is 1. The lowest BCUT2D eigenvalue weighted by Crippen LogP contribution is -2.34. The van der Waals surface area contributed by atoms with Crippen molar-refractivity contribution in [1.82, 2.24) is 14.5 Å². The van der Waals surface area contributed by atoms with Gasteiger partial charge in [0.05, 0.1) is 5.69 Å². The summed E-state index contributed by atoms with van der Waals surface area (Å²) in [5.74, 6) is -0.775. The molecule has 0 saturated carbocycles. The minimum absolute atomic E-state index is 0.386. The Labute approximate surface area is 173 Å². The third-order valence-electron chi connectivity index (χ3n) is 5.57. The molecule has 2 aliphatic rings. The molecule has 5 rings (SSSR count). The molecule has 1 N–H and O–H groups in total. The first-order valence-electron chi connectivity index (χ1n) is 9.57. The first-order valence-corrected chi connectivity index (χ1v) is 9.95. The van der Waals surface area contributed by atoms with Gasteiger partial charge >= 0.3 is 0 Å². The molecule has 5 atom stereocenters. The molecular weight excluding hydrogens is 394 g/mol. The Morgan fingerprint density at radius 1 is 1.10 bits per heavy atom. The van der Waals surface area contributed by atoms with E-state index in [4.69, 9.17) is 25.8 Å². The van der Waals surface area contributed by atoms with Crippen molar-refractivity contribution in [2.24, 2.45) is 0 Å². The summed E-state index contributed by atoms with van der Waals surface area (Å²) in [6, 6.07) is 9.05. The van der Waals surface area contributed by atoms with E-state index in [-0.39, 0.29) is 6.10 Å². The summed E-state index contributed by atoms with van der Waals surface area (Å²) in [6.07, 6.45) is 0.661. The minimum Gasteiger partial charge on any atom is -0.386 e. The molecule has 0 radical (unpaired) electrons. The van der Waals surface area contributed by atoms with Crippen LogP contribution in [0.5, 0.6) is 0 Å². The van der Waals surface area contributed by atoms with Crippen molar-refractivity contribution in [2.45, 2.75) is 57.2 Å². The van der Waals surface area contributed by atoms with Gasteiger partial charge in [0.2, 0.25) is 0 Å². The third kappa shape index (κ3) is 3.14. The number of hydrogen-bond acceptors (Lipinski definition) is 6. The summed E-state index contributed by atoms with van der Waals surface area (Å²) in [7, 11) is 0. The Morgan fingerprint density at radius 2 is 1.83 bits per heavy atom. The Bertz CT molecular complexity index is 1050. The second kappa shape index (κ2) is 6.75. The van der Waals surface area contributed by atoms with Gasteiger partial charge < -0.3 is 23.9 Å². The zero-order chi connectivity index (χ0) is 20.3. The Kier molecular flexibility index (Phi) is 4.42. The van der Waals surface area contributed by atoms with Gasteiger partial charge in [0.15, 0.2) is 12.0 Å². The van der Waals surface area contributed by atoms with Crippen LogP contribution < -0.4 is 0 Å². The van der Waals surface area contributed by atoms with Crippen LogP contribution in [-0.4, -0.2) is 43.7 Å². The number of aromatic nitrogens is 3. The lowest BCUT2D eigenvalue weighted by molar-refractivity contribution is -0.207. The topological polar surface area (TPSA) is 78.6 Å². The first-order chi connectivity index (χ1) is 13.8. The number of rotatable bonds is 3. The summed E-state index contributed by atoms with van der Waals surface area (Å²) in [6.45, 7) is 5.68. The van der Waals surface area contributed by atoms with E-state index in [1.165, 1.54) is 6.33 Å². The molecule has 4 heterocycles. The molecule has 0 unspecified atom stereocenters. The highest BCUT2D eigenvalue weighted by molar-refractivity contribution is 6.30. The standard InChI is InChI=1S/C21H22ClN3O4/c1-11-14-8-9-25(19(14)24-10-23-11)20-18-17(28-21(2,3)29-18)16(27-20)15(26)12-4-6-13(22)7-5-12/h4-10,15-18,20,26H,1-3H3/t15-,16-,17-,18-,20-/m1/s1. The SMILES string of the molecule is Cc1ncnc2c1ccn2[C@@H]1O[C@H]([C@H](O)c2ccc(Cl)cc2)[C@H]2OC(C)(C)O[C@H]21. The van der Waals surface area contributed by atoms with E-state index in [9.17, 15) is 5.11 Å². The number of aliphatic hydroxyl groups excluding tert-OH is 1. The fourth-order valence-electron chi connectivity index (χ4n) is 4.24. The van der Waals surface area contributed by atoms with Crippen LogP contribution in [0.4, 0.5) is 0 Å². The zero-order valence-electron chi connectivity index (χ0n) is 16.3. The number of fused-ring (bicyclic) bond motifs is 2. The van der Waals surface area contributed by atoms with Crippen LogP contribution in [0.2, 0.25) is 5.02 Å². The highest BCUT2D eigenvalue weighted by Gasteiger charge is 2.58. The summed E-state index contributed by atoms with van der Waals surface area (Å²) >= 11 is 5.99. The van der Waals surface area contributed by atoms with Gasteiger partial charge in [-0.3, -0.25) is 0 Å². The molecule has 2 aliphatic heterocycles. The molecule has 0 spiro atoms. The van der Waals surface area contributed by atoms with Crippen molar-refractivity contribution in [2.75, 3.05) is 0 Å². The maximum Gasteiger partial charge on any atom is 0.164 e. The van der Waals surface area contributed by atoms with Gasteiger partial charge in [-0.25, -0.2) is 9.97 Å². The van der Waals surface area contributed by atoms with E-state index in [0.29, 0.717) is 10.6 Å². The molecule has 0 amide bonds. The van der Waals surface area contributed by atoms with Crippen molar-refractivity contribution in [1.29, 1.82) is 0 Å². The lowest BCUT2D eigenvalue weighted by atomic mass is 9.99. The van der Waals surface area contributed by atoms with Gasteiger partial charge in [-0.05, 0) is 44.5 Å². The summed E-state index contributed by atoms with van der Waals surface area (Å²) in [5.41, 5.74) is 2.36. The van der Waals surface area contributed by atoms with Crippen molar-refractivity contribution in [3.8, 4) is 0 Å². The zero-order valence-corrected chi connectivity index (χ0v) is 17.1. The van der Waals surface area contributed by atoms with Crippen LogP contribution in [0.15, 0.2) is 42.9 Å². The number of nitrogens with zero attached hydrogens (tertiary/aromatic N) is 3. The maximum atomic E-state index is 11.1. The predicted molar refractivity (Wildman–Crippen MR) is 106 cm³/mol. The van der Waals surface area contributed by atoms with Crippen LogP contribution in [0.1, 0.15) is 37.4 Å². The molecule has 152 valence electrons. The van der Waals surface area contributed by atoms with Gasteiger partial charge in [-0.15, -0.1) is 0 Å². The van der Waals surface area contributed by atoms with Crippen molar-refractivity contribution in [3.63, 3.8) is 0 Å². The third-order valence-corrected chi connectivity index (χ3v) is 5.82. The van der Waals surface area contributed by atoms with Gasteiger partial charge in [0.1, 0.15) is 36.4 Å². The largest absolute Gasteiger partial charge is 0.386 e. The Morgan fingerprint density at radius 3 is 2.59 bits per heavy atom. The molecule has 3 aromatic rings. The monoisotopic (exact) mass is 415 g/mol. The van der Waals surface area contributed by atoms with Gasteiger partial charge in [0, 0.05) is 16.6 Å². The van der Waals surface area contributed by atoms with E-state index >= 15 is 0 Å². The van der Waals surface area contributed by atoms with Crippen LogP contribution in [0.3, 0.4) is 0 Å². The number of hydrogen-bond donors (Lipinski definition) is 1. The second-order valence-corrected chi connectivity index (χ2v) is 8.41. The normalized spacial score (nSPS) is 29.3. The molecule has 0 aliphatic carbocycles. The van der Waals surface area contributed by atoms with E-state index in [1.807, 2.05) is 37.6 Å². The quantitative estimate of drug-likeness (QED) is 0.704. The van der Waals surface area contributed by atoms with Crippen LogP contribution in [0.25, 0.3) is 11.0 Å². The van der Waals surface area contributed by atoms with Crippen LogP contribution >= 0.6 is 11.6 Å². The number of aryl methyl sites for hydroxylation is 1. The average molecular weight is 416 g/mol. The van der Waals surface area contributed by atoms with Crippen molar-refractivity contribution < 1.29 is 19.3 Å². The van der Waals surface area contributed by atoms with E-state index in [2.05, 4.69) is 9.97 Å². The van der Waals surface area contributed by atoms with E-state index < -0.39 is 30.3 Å². The fraction of sp³-hybridized carbons (Fsp3) is 0.429. The van der Waals surface area contributed by atoms with Gasteiger partial charge in [-0.1, -0.05) is 23.7 Å². The number of aliphatic hydroxyl groups is 1. The minimum atomic E-state index is -0.888. The Hall–Kier alpha value is -2.03. The van der Waals surface area contributed by atoms with E-state index in [1.54, 1.807) is 24.3 Å². The molecule has 7 nitrogen and oxygen atoms in total. The maximum absolute atomic E-state index is 11.1. The number of halogens is 1. The van der Waals surface area contributed by atoms with Gasteiger partial charge in [0.25, 0.3) is 0 Å². The average Bonchev–Trinajstić information content (AvgIpc) is 3.33. The highest BCUT2D eigenvalue weighted by Crippen LogP contribution is 2.47. The molecule has 2 aromatic heterocycles. The van der Waals surface area contributed by atoms with E-state index in [0.717, 1.165) is 16.7 Å². The molecule has 1 aromatic carbocycles. The molecular formula is C21H22ClN3O4. The highest BCUT2D eigenvalue weighted by atomic mass is 35.5. The Balaban J connectivity index is 1.53. The summed E-state index contributed by atoms with van der Waals surface area (Å²) < 4.78 is 20.6. The molecule has 2 saturated heterocycles. The smallest absolute Gasteiger partial charge is 0.164 e. The lowest BCUT2D eigenvalue weighted by Gasteiger charge is -2.27. The van der Waals surface area contributed by atoms with Crippen molar-refractivity contribution >= 4 is 22.6 Å². The fourth-order valence-corrected chi connectivity index (χ4v) is 4.36. The molecule has 0 bridgehead atoms. The number of ether oxygens (including phenoxy) is 3. The molecule has 2 fully saturated rings. The van der Waals surface area contributed by atoms with Crippen LogP contribution in [0, 0.1) is 6.92 Å². The molecule has 29 heavy (non-hydrogen) atoms. The summed E-state index contributed by atoms with van der Waals surface area (Å²) in [4.78, 5) is 8.69. The first kappa shape index (κ1) is 19.0. The summed E-state index contributed by atoms with van der Waals surface area (Å²) in [5, 5.41) is 12.6. The second-order valence-electron chi connectivity index (χ2n) is 7.97. The predicted octanol–water partition coefficient (Wildman–Crippen LogP) is 3.54. The molecule has 8 heteroatoms.